The van der Waals surface area contributed by atoms with Crippen LogP contribution in [0.5, 0.6) is 11.5 Å². The van der Waals surface area contributed by atoms with Gasteiger partial charge in [-0.3, -0.25) is 9.59 Å². The largest absolute Gasteiger partial charge is 0.490 e. The average Bonchev–Trinajstić information content (AvgIpc) is 2.84. The second kappa shape index (κ2) is 14.8. The number of halogens is 2. The van der Waals surface area contributed by atoms with Gasteiger partial charge in [0.05, 0.1) is 13.2 Å². The minimum Gasteiger partial charge on any atom is -0.490 e. The molecule has 2 aromatic carbocycles. The molecule has 0 radical (unpaired) electrons. The number of nitrogens with zero attached hydrogens (tertiary/aromatic N) is 1. The molecule has 0 bridgehead atoms. The van der Waals surface area contributed by atoms with Crippen LogP contribution >= 0.6 is 23.2 Å². The van der Waals surface area contributed by atoms with Gasteiger partial charge in [-0.15, -0.1) is 0 Å². The van der Waals surface area contributed by atoms with E-state index in [0.717, 1.165) is 17.5 Å². The first-order chi connectivity index (χ1) is 16.8. The van der Waals surface area contributed by atoms with Crippen LogP contribution in [0, 0.1) is 0 Å². The van der Waals surface area contributed by atoms with E-state index in [-0.39, 0.29) is 24.8 Å². The lowest BCUT2D eigenvalue weighted by molar-refractivity contribution is -0.141. The van der Waals surface area contributed by atoms with E-state index in [0.29, 0.717) is 54.1 Å². The molecule has 0 fully saturated rings. The fourth-order valence-electron chi connectivity index (χ4n) is 3.76. The first-order valence-electron chi connectivity index (χ1n) is 12.2. The Morgan fingerprint density at radius 1 is 0.971 bits per heavy atom. The van der Waals surface area contributed by atoms with E-state index >= 15 is 0 Å². The van der Waals surface area contributed by atoms with Crippen LogP contribution in [0.1, 0.15) is 58.1 Å². The molecule has 2 rings (SSSR count). The molecule has 0 aliphatic rings. The van der Waals surface area contributed by atoms with Gasteiger partial charge in [0.15, 0.2) is 11.5 Å². The molecule has 192 valence electrons. The van der Waals surface area contributed by atoms with Crippen LogP contribution in [0.15, 0.2) is 36.4 Å². The van der Waals surface area contributed by atoms with Crippen molar-refractivity contribution in [2.75, 3.05) is 19.8 Å². The monoisotopic (exact) mass is 522 g/mol. The number of benzene rings is 2. The molecule has 6 nitrogen and oxygen atoms in total. The lowest BCUT2D eigenvalue weighted by atomic mass is 10.1. The minimum absolute atomic E-state index is 0.124. The third-order valence-electron chi connectivity index (χ3n) is 5.53. The molecule has 0 aliphatic heterocycles. The van der Waals surface area contributed by atoms with E-state index in [4.69, 9.17) is 32.7 Å². The summed E-state index contributed by atoms with van der Waals surface area (Å²) in [6.07, 6.45) is 2.05. The molecular weight excluding hydrogens is 487 g/mol. The van der Waals surface area contributed by atoms with Crippen molar-refractivity contribution >= 4 is 35.0 Å². The topological polar surface area (TPSA) is 67.9 Å². The number of aryl methyl sites for hydroxylation is 1. The van der Waals surface area contributed by atoms with Gasteiger partial charge in [-0.05, 0) is 68.5 Å². The molecule has 35 heavy (non-hydrogen) atoms. The van der Waals surface area contributed by atoms with E-state index in [1.165, 1.54) is 0 Å². The van der Waals surface area contributed by atoms with Crippen LogP contribution in [0.3, 0.4) is 0 Å². The van der Waals surface area contributed by atoms with Crippen LogP contribution in [0.4, 0.5) is 0 Å². The molecule has 0 spiro atoms. The normalized spacial score (nSPS) is 11.6. The summed E-state index contributed by atoms with van der Waals surface area (Å²) in [7, 11) is 0. The number of carbonyl (C=O) groups excluding carboxylic acids is 2. The van der Waals surface area contributed by atoms with Gasteiger partial charge in [-0.2, -0.15) is 0 Å². The molecule has 1 N–H and O–H groups in total. The molecule has 2 amide bonds. The zero-order valence-corrected chi connectivity index (χ0v) is 22.5. The summed E-state index contributed by atoms with van der Waals surface area (Å²) in [5.74, 6) is 1.06. The molecule has 8 heteroatoms. The molecule has 1 atom stereocenters. The molecule has 0 saturated carbocycles. The maximum atomic E-state index is 13.5. The van der Waals surface area contributed by atoms with E-state index in [1.54, 1.807) is 23.1 Å². The highest BCUT2D eigenvalue weighted by atomic mass is 35.5. The summed E-state index contributed by atoms with van der Waals surface area (Å²) in [5, 5.41) is 3.91. The first kappa shape index (κ1) is 28.8. The molecule has 0 aliphatic carbocycles. The smallest absolute Gasteiger partial charge is 0.242 e. The summed E-state index contributed by atoms with van der Waals surface area (Å²) in [5.41, 5.74) is 1.70. The van der Waals surface area contributed by atoms with Crippen LogP contribution in [0.25, 0.3) is 0 Å². The quantitative estimate of drug-likeness (QED) is 0.327. The van der Waals surface area contributed by atoms with Crippen molar-refractivity contribution < 1.29 is 19.1 Å². The van der Waals surface area contributed by atoms with Crippen molar-refractivity contribution in [3.05, 3.63) is 57.6 Å². The van der Waals surface area contributed by atoms with Gasteiger partial charge < -0.3 is 19.7 Å². The van der Waals surface area contributed by atoms with E-state index in [9.17, 15) is 9.59 Å². The standard InChI is InChI=1S/C27H36Cl2N2O4/c1-5-15-30-27(33)23(6-2)31(18-20-11-12-21(28)17-22(20)29)26(32)14-10-19-9-13-24(34-7-3)25(16-19)35-8-4/h9,11-13,16-17,23H,5-8,10,14-15,18H2,1-4H3,(H,30,33)/t23-/m1/s1. The van der Waals surface area contributed by atoms with Gasteiger partial charge in [-0.1, -0.05) is 49.2 Å². The van der Waals surface area contributed by atoms with Crippen LogP contribution in [0.2, 0.25) is 10.0 Å². The van der Waals surface area contributed by atoms with Gasteiger partial charge in [-0.25, -0.2) is 0 Å². The lowest BCUT2D eigenvalue weighted by Gasteiger charge is -2.31. The molecule has 0 heterocycles. The number of carbonyl (C=O) groups is 2. The summed E-state index contributed by atoms with van der Waals surface area (Å²) in [6.45, 7) is 9.57. The number of amides is 2. The average molecular weight is 524 g/mol. The predicted molar refractivity (Wildman–Crippen MR) is 141 cm³/mol. The second-order valence-corrected chi connectivity index (χ2v) is 8.96. The number of nitrogens with one attached hydrogen (secondary N) is 1. The van der Waals surface area contributed by atoms with E-state index < -0.39 is 6.04 Å². The number of hydrogen-bond acceptors (Lipinski definition) is 4. The molecule has 2 aromatic rings. The lowest BCUT2D eigenvalue weighted by Crippen LogP contribution is -2.49. The van der Waals surface area contributed by atoms with Crippen molar-refractivity contribution in [1.29, 1.82) is 0 Å². The Morgan fingerprint density at radius 2 is 1.69 bits per heavy atom. The van der Waals surface area contributed by atoms with E-state index in [2.05, 4.69) is 5.32 Å². The Kier molecular flexibility index (Phi) is 12.2. The number of hydrogen-bond donors (Lipinski definition) is 1. The van der Waals surface area contributed by atoms with Crippen molar-refractivity contribution in [2.45, 2.75) is 66.0 Å². The molecule has 0 saturated heterocycles. The Labute approximate surface area is 218 Å². The van der Waals surface area contributed by atoms with Crippen LogP contribution in [-0.4, -0.2) is 42.5 Å². The summed E-state index contributed by atoms with van der Waals surface area (Å²) >= 11 is 12.5. The Balaban J connectivity index is 2.25. The second-order valence-electron chi connectivity index (χ2n) is 8.12. The maximum absolute atomic E-state index is 13.5. The van der Waals surface area contributed by atoms with Gasteiger partial charge in [0.2, 0.25) is 11.8 Å². The third kappa shape index (κ3) is 8.62. The van der Waals surface area contributed by atoms with Gasteiger partial charge in [0.25, 0.3) is 0 Å². The van der Waals surface area contributed by atoms with Crippen LogP contribution < -0.4 is 14.8 Å². The molecular formula is C27H36Cl2N2O4. The van der Waals surface area contributed by atoms with Crippen molar-refractivity contribution in [1.82, 2.24) is 10.2 Å². The summed E-state index contributed by atoms with van der Waals surface area (Å²) in [4.78, 5) is 28.0. The fraction of sp³-hybridized carbons (Fsp3) is 0.481. The van der Waals surface area contributed by atoms with Gasteiger partial charge in [0.1, 0.15) is 6.04 Å². The number of rotatable bonds is 14. The SMILES string of the molecule is CCCNC(=O)[C@@H](CC)N(Cc1ccc(Cl)cc1Cl)C(=O)CCc1ccc(OCC)c(OCC)c1. The first-order valence-corrected chi connectivity index (χ1v) is 13.0. The maximum Gasteiger partial charge on any atom is 0.242 e. The highest BCUT2D eigenvalue weighted by Gasteiger charge is 2.28. The zero-order valence-electron chi connectivity index (χ0n) is 21.0. The highest BCUT2D eigenvalue weighted by Crippen LogP contribution is 2.29. The number of ether oxygens (including phenoxy) is 2. The summed E-state index contributed by atoms with van der Waals surface area (Å²) in [6, 6.07) is 10.3. The van der Waals surface area contributed by atoms with Crippen molar-refractivity contribution in [2.24, 2.45) is 0 Å². The summed E-state index contributed by atoms with van der Waals surface area (Å²) < 4.78 is 11.3. The fourth-order valence-corrected chi connectivity index (χ4v) is 4.23. The molecule has 0 unspecified atom stereocenters. The Bertz CT molecular complexity index is 984. The zero-order chi connectivity index (χ0) is 25.8. The van der Waals surface area contributed by atoms with Gasteiger partial charge in [0, 0.05) is 29.6 Å². The Morgan fingerprint density at radius 3 is 2.31 bits per heavy atom. The van der Waals surface area contributed by atoms with E-state index in [1.807, 2.05) is 45.9 Å². The minimum atomic E-state index is -0.597. The van der Waals surface area contributed by atoms with Crippen molar-refractivity contribution in [3.8, 4) is 11.5 Å². The predicted octanol–water partition coefficient (Wildman–Crippen LogP) is 6.06. The van der Waals surface area contributed by atoms with Gasteiger partial charge >= 0.3 is 0 Å². The Hall–Kier alpha value is -2.44. The van der Waals surface area contributed by atoms with Crippen LogP contribution in [-0.2, 0) is 22.6 Å². The molecule has 0 aromatic heterocycles. The third-order valence-corrected chi connectivity index (χ3v) is 6.11. The van der Waals surface area contributed by atoms with Crippen molar-refractivity contribution in [3.63, 3.8) is 0 Å². The highest BCUT2D eigenvalue weighted by molar-refractivity contribution is 6.35.